The van der Waals surface area contributed by atoms with E-state index < -0.39 is 4.92 Å². The van der Waals surface area contributed by atoms with Gasteiger partial charge in [-0.05, 0) is 13.8 Å². The Morgan fingerprint density at radius 3 is 2.60 bits per heavy atom. The molecular formula is C9H14N4O2. The van der Waals surface area contributed by atoms with Gasteiger partial charge in [-0.15, -0.1) is 0 Å². The number of nitrogen functional groups attached to an aromatic ring is 1. The summed E-state index contributed by atoms with van der Waals surface area (Å²) in [4.78, 5) is 15.8. The molecule has 1 aromatic heterocycles. The number of hydrogen-bond donors (Lipinski definition) is 1. The Morgan fingerprint density at radius 1 is 1.60 bits per heavy atom. The van der Waals surface area contributed by atoms with Crippen molar-refractivity contribution in [3.05, 3.63) is 22.4 Å². The van der Waals surface area contributed by atoms with E-state index in [1.807, 2.05) is 25.8 Å². The summed E-state index contributed by atoms with van der Waals surface area (Å²) in [5.74, 6) is 0.633. The molecule has 6 nitrogen and oxygen atoms in total. The van der Waals surface area contributed by atoms with Gasteiger partial charge in [0.05, 0.1) is 4.92 Å². The average Bonchev–Trinajstić information content (AvgIpc) is 2.15. The smallest absolute Gasteiger partial charge is 0.310 e. The molecule has 0 aliphatic carbocycles. The van der Waals surface area contributed by atoms with Gasteiger partial charge in [-0.3, -0.25) is 10.1 Å². The van der Waals surface area contributed by atoms with Crippen LogP contribution < -0.4 is 10.6 Å². The van der Waals surface area contributed by atoms with Gasteiger partial charge in [0, 0.05) is 19.2 Å². The monoisotopic (exact) mass is 210 g/mol. The van der Waals surface area contributed by atoms with Crippen molar-refractivity contribution in [1.82, 2.24) is 4.98 Å². The first kappa shape index (κ1) is 11.2. The van der Waals surface area contributed by atoms with E-state index in [0.29, 0.717) is 5.82 Å². The number of anilines is 2. The molecule has 2 N–H and O–H groups in total. The fourth-order valence-corrected chi connectivity index (χ4v) is 1.06. The fourth-order valence-electron chi connectivity index (χ4n) is 1.06. The molecule has 0 spiro atoms. The van der Waals surface area contributed by atoms with Crippen molar-refractivity contribution in [2.75, 3.05) is 17.7 Å². The van der Waals surface area contributed by atoms with Crippen LogP contribution in [-0.4, -0.2) is 23.0 Å². The molecule has 0 saturated heterocycles. The van der Waals surface area contributed by atoms with Crippen LogP contribution in [-0.2, 0) is 0 Å². The highest BCUT2D eigenvalue weighted by Crippen LogP contribution is 2.24. The van der Waals surface area contributed by atoms with E-state index >= 15 is 0 Å². The lowest BCUT2D eigenvalue weighted by molar-refractivity contribution is -0.384. The number of pyridine rings is 1. The van der Waals surface area contributed by atoms with Gasteiger partial charge in [0.25, 0.3) is 0 Å². The van der Waals surface area contributed by atoms with Crippen molar-refractivity contribution < 1.29 is 4.92 Å². The van der Waals surface area contributed by atoms with Crippen molar-refractivity contribution in [2.45, 2.75) is 19.9 Å². The van der Waals surface area contributed by atoms with Crippen LogP contribution >= 0.6 is 0 Å². The molecule has 0 aliphatic heterocycles. The van der Waals surface area contributed by atoms with Gasteiger partial charge >= 0.3 is 5.69 Å². The maximum atomic E-state index is 10.5. The molecule has 0 aliphatic rings. The molecule has 15 heavy (non-hydrogen) atoms. The Morgan fingerprint density at radius 2 is 2.20 bits per heavy atom. The minimum Gasteiger partial charge on any atom is -0.393 e. The van der Waals surface area contributed by atoms with Crippen molar-refractivity contribution in [3.8, 4) is 0 Å². The average molecular weight is 210 g/mol. The molecule has 0 unspecified atom stereocenters. The van der Waals surface area contributed by atoms with E-state index in [4.69, 9.17) is 5.73 Å². The summed E-state index contributed by atoms with van der Waals surface area (Å²) in [5.41, 5.74) is 5.53. The molecule has 0 atom stereocenters. The van der Waals surface area contributed by atoms with E-state index in [1.165, 1.54) is 12.3 Å². The molecule has 1 rings (SSSR count). The number of rotatable bonds is 3. The van der Waals surface area contributed by atoms with Gasteiger partial charge in [-0.1, -0.05) is 0 Å². The van der Waals surface area contributed by atoms with Gasteiger partial charge in [0.15, 0.2) is 0 Å². The molecule has 0 saturated carbocycles. The SMILES string of the molecule is CC(C)N(C)c1cc(N)c([N+](=O)[O-])cn1. The molecule has 0 aromatic carbocycles. The lowest BCUT2D eigenvalue weighted by atomic mass is 10.3. The van der Waals surface area contributed by atoms with Gasteiger partial charge in [0.1, 0.15) is 17.7 Å². The van der Waals surface area contributed by atoms with Crippen LogP contribution in [0.4, 0.5) is 17.2 Å². The Balaban J connectivity index is 3.06. The maximum Gasteiger partial charge on any atom is 0.310 e. The fraction of sp³-hybridized carbons (Fsp3) is 0.444. The van der Waals surface area contributed by atoms with Crippen LogP contribution in [0, 0.1) is 10.1 Å². The molecule has 0 radical (unpaired) electrons. The van der Waals surface area contributed by atoms with Gasteiger partial charge < -0.3 is 10.6 Å². The lowest BCUT2D eigenvalue weighted by Crippen LogP contribution is -2.26. The van der Waals surface area contributed by atoms with Crippen LogP contribution in [0.3, 0.4) is 0 Å². The molecule has 0 fully saturated rings. The first-order chi connectivity index (χ1) is 6.93. The largest absolute Gasteiger partial charge is 0.393 e. The third-order valence-corrected chi connectivity index (χ3v) is 2.23. The second-order valence-corrected chi connectivity index (χ2v) is 3.56. The van der Waals surface area contributed by atoms with E-state index in [2.05, 4.69) is 4.98 Å². The molecule has 0 bridgehead atoms. The zero-order valence-corrected chi connectivity index (χ0v) is 8.97. The van der Waals surface area contributed by atoms with Gasteiger partial charge in [-0.25, -0.2) is 4.98 Å². The van der Waals surface area contributed by atoms with E-state index in [9.17, 15) is 10.1 Å². The molecule has 6 heteroatoms. The molecule has 0 amide bonds. The summed E-state index contributed by atoms with van der Waals surface area (Å²) in [6.45, 7) is 4.00. The van der Waals surface area contributed by atoms with Gasteiger partial charge in [-0.2, -0.15) is 0 Å². The second-order valence-electron chi connectivity index (χ2n) is 3.56. The predicted molar refractivity (Wildman–Crippen MR) is 58.8 cm³/mol. The Bertz CT molecular complexity index is 378. The summed E-state index contributed by atoms with van der Waals surface area (Å²) in [5, 5.41) is 10.5. The van der Waals surface area contributed by atoms with Crippen LogP contribution in [0.15, 0.2) is 12.3 Å². The van der Waals surface area contributed by atoms with E-state index in [0.717, 1.165) is 0 Å². The molecular weight excluding hydrogens is 196 g/mol. The highest BCUT2D eigenvalue weighted by Gasteiger charge is 2.14. The Labute approximate surface area is 87.9 Å². The van der Waals surface area contributed by atoms with Crippen LogP contribution in [0.1, 0.15) is 13.8 Å². The first-order valence-corrected chi connectivity index (χ1v) is 4.56. The summed E-state index contributed by atoms with van der Waals surface area (Å²) in [6.07, 6.45) is 1.18. The normalized spacial score (nSPS) is 10.4. The van der Waals surface area contributed by atoms with E-state index in [-0.39, 0.29) is 17.4 Å². The summed E-state index contributed by atoms with van der Waals surface area (Å²) in [7, 11) is 1.86. The third-order valence-electron chi connectivity index (χ3n) is 2.23. The minimum atomic E-state index is -0.540. The minimum absolute atomic E-state index is 0.137. The summed E-state index contributed by atoms with van der Waals surface area (Å²) < 4.78 is 0. The molecule has 1 heterocycles. The standard InChI is InChI=1S/C9H14N4O2/c1-6(2)12(3)9-4-7(10)8(5-11-9)13(14)15/h4-6H,1-3H3,(H2,10,11). The van der Waals surface area contributed by atoms with Crippen LogP contribution in [0.2, 0.25) is 0 Å². The number of hydrogen-bond acceptors (Lipinski definition) is 5. The summed E-state index contributed by atoms with van der Waals surface area (Å²) in [6, 6.07) is 1.77. The lowest BCUT2D eigenvalue weighted by Gasteiger charge is -2.22. The van der Waals surface area contributed by atoms with Crippen molar-refractivity contribution in [2.24, 2.45) is 0 Å². The Kier molecular flexibility index (Phi) is 3.08. The molecule has 82 valence electrons. The third kappa shape index (κ3) is 2.34. The van der Waals surface area contributed by atoms with Crippen LogP contribution in [0.25, 0.3) is 0 Å². The quantitative estimate of drug-likeness (QED) is 0.602. The second kappa shape index (κ2) is 4.12. The maximum absolute atomic E-state index is 10.5. The zero-order chi connectivity index (χ0) is 11.6. The zero-order valence-electron chi connectivity index (χ0n) is 8.97. The number of nitrogens with zero attached hydrogens (tertiary/aromatic N) is 3. The molecule has 1 aromatic rings. The topological polar surface area (TPSA) is 85.3 Å². The van der Waals surface area contributed by atoms with E-state index in [1.54, 1.807) is 0 Å². The number of aromatic nitrogens is 1. The van der Waals surface area contributed by atoms with Crippen molar-refractivity contribution in [3.63, 3.8) is 0 Å². The van der Waals surface area contributed by atoms with Crippen LogP contribution in [0.5, 0.6) is 0 Å². The number of nitrogens with two attached hydrogens (primary N) is 1. The van der Waals surface area contributed by atoms with Gasteiger partial charge in [0.2, 0.25) is 0 Å². The van der Waals surface area contributed by atoms with Crippen molar-refractivity contribution >= 4 is 17.2 Å². The van der Waals surface area contributed by atoms with Crippen molar-refractivity contribution in [1.29, 1.82) is 0 Å². The highest BCUT2D eigenvalue weighted by molar-refractivity contribution is 5.62. The predicted octanol–water partition coefficient (Wildman–Crippen LogP) is 1.42. The Hall–Kier alpha value is -1.85. The summed E-state index contributed by atoms with van der Waals surface area (Å²) >= 11 is 0. The number of nitro groups is 1. The highest BCUT2D eigenvalue weighted by atomic mass is 16.6. The first-order valence-electron chi connectivity index (χ1n) is 4.56.